The lowest BCUT2D eigenvalue weighted by molar-refractivity contribution is -0.124. The minimum atomic E-state index is -1.09. The third-order valence-electron chi connectivity index (χ3n) is 6.87. The standard InChI is InChI=1S/C26H30FN3O2S/c1-15(2)22-12-16(7-9-24(22)33(3)32)17-4-5-18(23(27)13-17)10-21(14-28)30-26(31)25-19-6-8-20(11-19)29-25/h4-5,7,9,12-13,15,19-21,25,29H,6,8,10-11H2,1-3H3,(H,30,31)/t19-,20+,21-,25-,33?/m0/s1. The van der Waals surface area contributed by atoms with Gasteiger partial charge in [0.1, 0.15) is 18.1 Å². The summed E-state index contributed by atoms with van der Waals surface area (Å²) in [6.45, 7) is 4.09. The van der Waals surface area contributed by atoms with Crippen molar-refractivity contribution in [2.45, 2.75) is 68.5 Å². The van der Waals surface area contributed by atoms with Gasteiger partial charge < -0.3 is 15.2 Å². The number of benzene rings is 2. The molecule has 174 valence electrons. The Labute approximate surface area is 197 Å². The Hall–Kier alpha value is -2.40. The summed E-state index contributed by atoms with van der Waals surface area (Å²) in [5.41, 5.74) is 2.95. The smallest absolute Gasteiger partial charge is 0.238 e. The second-order valence-electron chi connectivity index (χ2n) is 9.48. The highest BCUT2D eigenvalue weighted by atomic mass is 32.2. The first-order valence-corrected chi connectivity index (χ1v) is 13.0. The molecule has 2 N–H and O–H groups in total. The molecule has 1 aliphatic heterocycles. The average Bonchev–Trinajstić information content (AvgIpc) is 3.43. The van der Waals surface area contributed by atoms with Gasteiger partial charge in [0, 0.05) is 18.0 Å². The fourth-order valence-electron chi connectivity index (χ4n) is 5.09. The van der Waals surface area contributed by atoms with E-state index in [0.29, 0.717) is 17.5 Å². The molecule has 7 heteroatoms. The summed E-state index contributed by atoms with van der Waals surface area (Å²) < 4.78 is 27.0. The van der Waals surface area contributed by atoms with Gasteiger partial charge in [-0.2, -0.15) is 5.26 Å². The number of hydrogen-bond acceptors (Lipinski definition) is 4. The molecule has 4 rings (SSSR count). The quantitative estimate of drug-likeness (QED) is 0.602. The Morgan fingerprint density at radius 1 is 1.27 bits per heavy atom. The van der Waals surface area contributed by atoms with Crippen LogP contribution in [-0.2, 0) is 22.4 Å². The van der Waals surface area contributed by atoms with Crippen molar-refractivity contribution in [3.8, 4) is 17.2 Å². The maximum Gasteiger partial charge on any atom is 0.238 e. The monoisotopic (exact) mass is 467 g/mol. The molecule has 1 aliphatic carbocycles. The van der Waals surface area contributed by atoms with Crippen molar-refractivity contribution < 1.29 is 13.7 Å². The SMILES string of the molecule is CC(C)c1cc(-c2ccc(C[C@@H](C#N)NC(=O)[C@H]3N[C@@H]4CC[C@H]3C4)c(F)c2)ccc1[S+](C)[O-]. The van der Waals surface area contributed by atoms with Crippen LogP contribution in [0.3, 0.4) is 0 Å². The minimum absolute atomic E-state index is 0.111. The second-order valence-corrected chi connectivity index (χ2v) is 10.8. The normalized spacial score (nSPS) is 23.4. The summed E-state index contributed by atoms with van der Waals surface area (Å²) in [5.74, 6) is -0.0511. The van der Waals surface area contributed by atoms with Crippen LogP contribution in [-0.4, -0.2) is 34.8 Å². The summed E-state index contributed by atoms with van der Waals surface area (Å²) in [7, 11) is 0. The maximum atomic E-state index is 15.0. The van der Waals surface area contributed by atoms with E-state index >= 15 is 0 Å². The van der Waals surface area contributed by atoms with Crippen molar-refractivity contribution in [2.24, 2.45) is 5.92 Å². The van der Waals surface area contributed by atoms with E-state index in [1.165, 1.54) is 6.07 Å². The molecular formula is C26H30FN3O2S. The van der Waals surface area contributed by atoms with Crippen molar-refractivity contribution >= 4 is 17.1 Å². The van der Waals surface area contributed by atoms with E-state index in [1.807, 2.05) is 38.1 Å². The van der Waals surface area contributed by atoms with Crippen LogP contribution in [0.1, 0.15) is 50.2 Å². The number of carbonyl (C=O) groups excluding carboxylic acids is 1. The Kier molecular flexibility index (Phi) is 7.08. The van der Waals surface area contributed by atoms with E-state index in [4.69, 9.17) is 0 Å². The minimum Gasteiger partial charge on any atom is -0.612 e. The van der Waals surface area contributed by atoms with Crippen LogP contribution in [0, 0.1) is 23.1 Å². The molecule has 2 aromatic carbocycles. The number of piperidine rings is 1. The number of carbonyl (C=O) groups is 1. The first-order chi connectivity index (χ1) is 15.8. The predicted octanol–water partition coefficient (Wildman–Crippen LogP) is 4.04. The molecule has 1 amide bonds. The highest BCUT2D eigenvalue weighted by molar-refractivity contribution is 7.90. The summed E-state index contributed by atoms with van der Waals surface area (Å²) in [5, 5.41) is 15.7. The zero-order valence-corrected chi connectivity index (χ0v) is 20.0. The highest BCUT2D eigenvalue weighted by Gasteiger charge is 2.43. The van der Waals surface area contributed by atoms with Crippen LogP contribution in [0.15, 0.2) is 41.3 Å². The molecule has 2 aliphatic rings. The van der Waals surface area contributed by atoms with Crippen LogP contribution >= 0.6 is 0 Å². The Balaban J connectivity index is 1.47. The number of amides is 1. The topological polar surface area (TPSA) is 88.0 Å². The first kappa shape index (κ1) is 23.7. The summed E-state index contributed by atoms with van der Waals surface area (Å²) in [4.78, 5) is 13.4. The molecule has 1 heterocycles. The molecule has 2 aromatic rings. The molecule has 2 bridgehead atoms. The van der Waals surface area contributed by atoms with E-state index in [9.17, 15) is 19.0 Å². The average molecular weight is 468 g/mol. The van der Waals surface area contributed by atoms with Gasteiger partial charge in [0.2, 0.25) is 5.91 Å². The van der Waals surface area contributed by atoms with E-state index in [-0.39, 0.29) is 24.3 Å². The van der Waals surface area contributed by atoms with Gasteiger partial charge in [-0.05, 0) is 83.2 Å². The largest absolute Gasteiger partial charge is 0.612 e. The molecule has 33 heavy (non-hydrogen) atoms. The lowest BCUT2D eigenvalue weighted by atomic mass is 9.95. The van der Waals surface area contributed by atoms with Gasteiger partial charge in [-0.15, -0.1) is 0 Å². The third-order valence-corrected chi connectivity index (χ3v) is 7.86. The van der Waals surface area contributed by atoms with Gasteiger partial charge in [0.05, 0.1) is 12.1 Å². The lowest BCUT2D eigenvalue weighted by Crippen LogP contribution is -2.50. The number of rotatable bonds is 7. The molecule has 1 saturated heterocycles. The van der Waals surface area contributed by atoms with Crippen LogP contribution in [0.4, 0.5) is 4.39 Å². The number of nitriles is 1. The zero-order valence-electron chi connectivity index (χ0n) is 19.2. The van der Waals surface area contributed by atoms with Gasteiger partial charge in [0.25, 0.3) is 0 Å². The summed E-state index contributed by atoms with van der Waals surface area (Å²) in [6.07, 6.45) is 4.92. The van der Waals surface area contributed by atoms with E-state index in [0.717, 1.165) is 40.8 Å². The van der Waals surface area contributed by atoms with Gasteiger partial charge in [0.15, 0.2) is 4.90 Å². The number of hydrogen-bond donors (Lipinski definition) is 2. The molecular weight excluding hydrogens is 437 g/mol. The zero-order chi connectivity index (χ0) is 23.7. The van der Waals surface area contributed by atoms with Gasteiger partial charge in [-0.25, -0.2) is 4.39 Å². The molecule has 0 spiro atoms. The van der Waals surface area contributed by atoms with Crippen molar-refractivity contribution in [1.82, 2.24) is 10.6 Å². The first-order valence-electron chi connectivity index (χ1n) is 11.5. The molecule has 5 nitrogen and oxygen atoms in total. The van der Waals surface area contributed by atoms with E-state index < -0.39 is 23.0 Å². The molecule has 5 atom stereocenters. The molecule has 1 saturated carbocycles. The highest BCUT2D eigenvalue weighted by Crippen LogP contribution is 2.35. The Bertz CT molecular complexity index is 1080. The fourth-order valence-corrected chi connectivity index (χ4v) is 5.98. The second kappa shape index (κ2) is 9.84. The molecule has 1 unspecified atom stereocenters. The predicted molar refractivity (Wildman–Crippen MR) is 128 cm³/mol. The Morgan fingerprint density at radius 2 is 2.00 bits per heavy atom. The maximum absolute atomic E-state index is 15.0. The summed E-state index contributed by atoms with van der Waals surface area (Å²) >= 11 is -1.09. The van der Waals surface area contributed by atoms with Gasteiger partial charge in [-0.1, -0.05) is 26.0 Å². The van der Waals surface area contributed by atoms with Gasteiger partial charge in [-0.3, -0.25) is 4.79 Å². The third kappa shape index (κ3) is 5.08. The number of halogens is 1. The van der Waals surface area contributed by atoms with Crippen LogP contribution < -0.4 is 10.6 Å². The fraction of sp³-hybridized carbons (Fsp3) is 0.462. The summed E-state index contributed by atoms with van der Waals surface area (Å²) in [6, 6.07) is 12.1. The lowest BCUT2D eigenvalue weighted by Gasteiger charge is -2.23. The van der Waals surface area contributed by atoms with E-state index in [2.05, 4.69) is 16.7 Å². The number of nitrogens with zero attached hydrogens (tertiary/aromatic N) is 1. The molecule has 2 fully saturated rings. The number of fused-ring (bicyclic) bond motifs is 2. The van der Waals surface area contributed by atoms with Crippen molar-refractivity contribution in [1.29, 1.82) is 5.26 Å². The molecule has 0 radical (unpaired) electrons. The van der Waals surface area contributed by atoms with Crippen LogP contribution in [0.2, 0.25) is 0 Å². The van der Waals surface area contributed by atoms with Gasteiger partial charge >= 0.3 is 0 Å². The number of nitrogens with one attached hydrogen (secondary N) is 2. The van der Waals surface area contributed by atoms with Crippen molar-refractivity contribution in [3.05, 3.63) is 53.3 Å². The molecule has 0 aromatic heterocycles. The van der Waals surface area contributed by atoms with Crippen LogP contribution in [0.25, 0.3) is 11.1 Å². The van der Waals surface area contributed by atoms with Crippen LogP contribution in [0.5, 0.6) is 0 Å². The van der Waals surface area contributed by atoms with Crippen molar-refractivity contribution in [3.63, 3.8) is 0 Å². The van der Waals surface area contributed by atoms with E-state index in [1.54, 1.807) is 12.3 Å². The Morgan fingerprint density at radius 3 is 2.58 bits per heavy atom. The van der Waals surface area contributed by atoms with Crippen molar-refractivity contribution in [2.75, 3.05) is 6.26 Å².